The van der Waals surface area contributed by atoms with Gasteiger partial charge in [0.15, 0.2) is 0 Å². The molecule has 0 radical (unpaired) electrons. The first-order valence-corrected chi connectivity index (χ1v) is 4.58. The molecular formula is C8H17N3O. The molecule has 2 amide bonds. The number of carbonyl (C=O) groups excluding carboxylic acids is 1. The summed E-state index contributed by atoms with van der Waals surface area (Å²) in [5, 5.41) is 8.90. The van der Waals surface area contributed by atoms with Crippen molar-refractivity contribution in [1.29, 1.82) is 0 Å². The van der Waals surface area contributed by atoms with E-state index in [2.05, 4.69) is 16.0 Å². The summed E-state index contributed by atoms with van der Waals surface area (Å²) in [6, 6.07) is 0.321. The fourth-order valence-electron chi connectivity index (χ4n) is 1.36. The van der Waals surface area contributed by atoms with Gasteiger partial charge in [-0.15, -0.1) is 0 Å². The van der Waals surface area contributed by atoms with Gasteiger partial charge >= 0.3 is 6.03 Å². The predicted molar refractivity (Wildman–Crippen MR) is 48.1 cm³/mol. The number of rotatable bonds is 2. The van der Waals surface area contributed by atoms with Crippen molar-refractivity contribution in [2.45, 2.75) is 25.8 Å². The smallest absolute Gasteiger partial charge is 0.314 e. The van der Waals surface area contributed by atoms with Gasteiger partial charge in [0.25, 0.3) is 0 Å². The van der Waals surface area contributed by atoms with Crippen molar-refractivity contribution in [1.82, 2.24) is 16.0 Å². The zero-order valence-electron chi connectivity index (χ0n) is 7.52. The third kappa shape index (κ3) is 3.09. The first-order valence-electron chi connectivity index (χ1n) is 4.58. The Hall–Kier alpha value is -0.770. The molecular weight excluding hydrogens is 154 g/mol. The van der Waals surface area contributed by atoms with Crippen molar-refractivity contribution in [3.8, 4) is 0 Å². The van der Waals surface area contributed by atoms with Crippen molar-refractivity contribution in [2.75, 3.05) is 19.6 Å². The van der Waals surface area contributed by atoms with Crippen LogP contribution in [-0.4, -0.2) is 31.7 Å². The van der Waals surface area contributed by atoms with Crippen molar-refractivity contribution < 1.29 is 4.79 Å². The summed E-state index contributed by atoms with van der Waals surface area (Å²) in [7, 11) is 0. The van der Waals surface area contributed by atoms with Crippen LogP contribution < -0.4 is 16.0 Å². The van der Waals surface area contributed by atoms with Gasteiger partial charge in [-0.25, -0.2) is 4.79 Å². The standard InChI is InChI=1S/C8H17N3O/c1-2-10-8(12)11-7-3-5-9-6-4-7/h7,9H,2-6H2,1H3,(H2,10,11,12). The summed E-state index contributed by atoms with van der Waals surface area (Å²) in [5.74, 6) is 0. The lowest BCUT2D eigenvalue weighted by Crippen LogP contribution is -2.46. The average molecular weight is 171 g/mol. The molecule has 12 heavy (non-hydrogen) atoms. The van der Waals surface area contributed by atoms with Crippen LogP contribution in [0, 0.1) is 0 Å². The highest BCUT2D eigenvalue weighted by atomic mass is 16.2. The van der Waals surface area contributed by atoms with Crippen LogP contribution in [0.5, 0.6) is 0 Å². The third-order valence-electron chi connectivity index (χ3n) is 2.01. The van der Waals surface area contributed by atoms with E-state index in [9.17, 15) is 4.79 Å². The van der Waals surface area contributed by atoms with Crippen molar-refractivity contribution in [3.63, 3.8) is 0 Å². The second-order valence-electron chi connectivity index (χ2n) is 3.03. The Bertz CT molecular complexity index is 143. The number of hydrogen-bond acceptors (Lipinski definition) is 2. The van der Waals surface area contributed by atoms with E-state index in [1.54, 1.807) is 0 Å². The molecule has 1 fully saturated rings. The molecule has 1 heterocycles. The van der Waals surface area contributed by atoms with Gasteiger partial charge in [-0.05, 0) is 32.9 Å². The summed E-state index contributed by atoms with van der Waals surface area (Å²) < 4.78 is 0. The molecule has 4 heteroatoms. The normalized spacial score (nSPS) is 18.8. The molecule has 0 aliphatic carbocycles. The molecule has 70 valence electrons. The fraction of sp³-hybridized carbons (Fsp3) is 0.875. The Balaban J connectivity index is 2.15. The Morgan fingerprint density at radius 1 is 1.50 bits per heavy atom. The number of amides is 2. The SMILES string of the molecule is CCNC(=O)NC1CCNCC1. The molecule has 1 saturated heterocycles. The Morgan fingerprint density at radius 3 is 2.75 bits per heavy atom. The zero-order chi connectivity index (χ0) is 8.81. The molecule has 0 aromatic rings. The quantitative estimate of drug-likeness (QED) is 0.550. The lowest BCUT2D eigenvalue weighted by Gasteiger charge is -2.23. The van der Waals surface area contributed by atoms with Crippen LogP contribution in [0.3, 0.4) is 0 Å². The highest BCUT2D eigenvalue weighted by Gasteiger charge is 2.14. The molecule has 0 aromatic heterocycles. The zero-order valence-corrected chi connectivity index (χ0v) is 7.52. The maximum absolute atomic E-state index is 11.1. The molecule has 0 spiro atoms. The minimum atomic E-state index is -0.0376. The van der Waals surface area contributed by atoms with Gasteiger partial charge < -0.3 is 16.0 Å². The van der Waals surface area contributed by atoms with Crippen molar-refractivity contribution in [2.24, 2.45) is 0 Å². The van der Waals surface area contributed by atoms with E-state index in [0.717, 1.165) is 25.9 Å². The summed E-state index contributed by atoms with van der Waals surface area (Å²) >= 11 is 0. The van der Waals surface area contributed by atoms with Crippen LogP contribution in [-0.2, 0) is 0 Å². The first kappa shape index (κ1) is 9.32. The fourth-order valence-corrected chi connectivity index (χ4v) is 1.36. The first-order chi connectivity index (χ1) is 5.83. The summed E-state index contributed by atoms with van der Waals surface area (Å²) in [6.45, 7) is 4.63. The van der Waals surface area contributed by atoms with Crippen LogP contribution in [0.2, 0.25) is 0 Å². The molecule has 4 nitrogen and oxygen atoms in total. The highest BCUT2D eigenvalue weighted by Crippen LogP contribution is 2.00. The van der Waals surface area contributed by atoms with Gasteiger partial charge in [0.1, 0.15) is 0 Å². The number of nitrogens with one attached hydrogen (secondary N) is 3. The summed E-state index contributed by atoms with van der Waals surface area (Å²) in [5.41, 5.74) is 0. The second kappa shape index (κ2) is 4.98. The van der Waals surface area contributed by atoms with Gasteiger partial charge in [0, 0.05) is 12.6 Å². The van der Waals surface area contributed by atoms with E-state index in [0.29, 0.717) is 12.6 Å². The van der Waals surface area contributed by atoms with E-state index in [-0.39, 0.29) is 6.03 Å². The van der Waals surface area contributed by atoms with E-state index >= 15 is 0 Å². The van der Waals surface area contributed by atoms with E-state index < -0.39 is 0 Å². The summed E-state index contributed by atoms with van der Waals surface area (Å²) in [4.78, 5) is 11.1. The van der Waals surface area contributed by atoms with Crippen LogP contribution in [0.1, 0.15) is 19.8 Å². The average Bonchev–Trinajstić information content (AvgIpc) is 2.06. The van der Waals surface area contributed by atoms with Crippen LogP contribution >= 0.6 is 0 Å². The largest absolute Gasteiger partial charge is 0.338 e. The molecule has 1 aliphatic rings. The lowest BCUT2D eigenvalue weighted by molar-refractivity contribution is 0.234. The molecule has 0 aromatic carbocycles. The van der Waals surface area contributed by atoms with Crippen LogP contribution in [0.4, 0.5) is 4.79 Å². The molecule has 0 saturated carbocycles. The maximum Gasteiger partial charge on any atom is 0.314 e. The minimum absolute atomic E-state index is 0.0376. The third-order valence-corrected chi connectivity index (χ3v) is 2.01. The van der Waals surface area contributed by atoms with Crippen LogP contribution in [0.25, 0.3) is 0 Å². The van der Waals surface area contributed by atoms with Crippen LogP contribution in [0.15, 0.2) is 0 Å². The van der Waals surface area contributed by atoms with E-state index in [4.69, 9.17) is 0 Å². The van der Waals surface area contributed by atoms with Gasteiger partial charge in [0.2, 0.25) is 0 Å². The van der Waals surface area contributed by atoms with E-state index in [1.807, 2.05) is 6.92 Å². The van der Waals surface area contributed by atoms with Crippen molar-refractivity contribution in [3.05, 3.63) is 0 Å². The van der Waals surface area contributed by atoms with E-state index in [1.165, 1.54) is 0 Å². The molecule has 0 atom stereocenters. The monoisotopic (exact) mass is 171 g/mol. The van der Waals surface area contributed by atoms with Gasteiger partial charge in [-0.3, -0.25) is 0 Å². The minimum Gasteiger partial charge on any atom is -0.338 e. The van der Waals surface area contributed by atoms with Gasteiger partial charge in [-0.2, -0.15) is 0 Å². The topological polar surface area (TPSA) is 53.2 Å². The predicted octanol–water partition coefficient (Wildman–Crippen LogP) is 0.0575. The Morgan fingerprint density at radius 2 is 2.17 bits per heavy atom. The highest BCUT2D eigenvalue weighted by molar-refractivity contribution is 5.74. The second-order valence-corrected chi connectivity index (χ2v) is 3.03. The molecule has 1 rings (SSSR count). The molecule has 3 N–H and O–H groups in total. The summed E-state index contributed by atoms with van der Waals surface area (Å²) in [6.07, 6.45) is 2.08. The van der Waals surface area contributed by atoms with Gasteiger partial charge in [-0.1, -0.05) is 0 Å². The Labute approximate surface area is 73.1 Å². The number of hydrogen-bond donors (Lipinski definition) is 3. The molecule has 0 bridgehead atoms. The molecule has 0 unspecified atom stereocenters. The maximum atomic E-state index is 11.1. The van der Waals surface area contributed by atoms with Crippen molar-refractivity contribution >= 4 is 6.03 Å². The number of piperidine rings is 1. The number of carbonyl (C=O) groups is 1. The lowest BCUT2D eigenvalue weighted by atomic mass is 10.1. The number of urea groups is 1. The molecule has 1 aliphatic heterocycles. The Kier molecular flexibility index (Phi) is 3.87. The van der Waals surface area contributed by atoms with Gasteiger partial charge in [0.05, 0.1) is 0 Å².